The number of rotatable bonds is 2. The molecule has 0 saturated carbocycles. The number of nitrogens with zero attached hydrogens (tertiary/aromatic N) is 1. The van der Waals surface area contributed by atoms with E-state index in [-0.39, 0.29) is 11.9 Å². The van der Waals surface area contributed by atoms with Gasteiger partial charge in [0.15, 0.2) is 0 Å². The lowest BCUT2D eigenvalue weighted by Gasteiger charge is -2.26. The SMILES string of the molecule is Cc1occc1C(=O)N(C)C1CNCC1O. The number of aliphatic hydroxyl groups is 1. The molecule has 0 spiro atoms. The minimum absolute atomic E-state index is 0.112. The number of amides is 1. The van der Waals surface area contributed by atoms with Gasteiger partial charge in [0, 0.05) is 20.1 Å². The summed E-state index contributed by atoms with van der Waals surface area (Å²) in [7, 11) is 1.70. The molecule has 1 aromatic rings. The van der Waals surface area contributed by atoms with Gasteiger partial charge in [-0.15, -0.1) is 0 Å². The smallest absolute Gasteiger partial charge is 0.257 e. The summed E-state index contributed by atoms with van der Waals surface area (Å²) < 4.78 is 5.10. The molecule has 0 radical (unpaired) electrons. The zero-order valence-electron chi connectivity index (χ0n) is 9.43. The Morgan fingerprint density at radius 3 is 2.88 bits per heavy atom. The summed E-state index contributed by atoms with van der Waals surface area (Å²) in [6.07, 6.45) is 1.00. The highest BCUT2D eigenvalue weighted by molar-refractivity contribution is 5.95. The van der Waals surface area contributed by atoms with E-state index in [9.17, 15) is 9.90 Å². The van der Waals surface area contributed by atoms with Crippen LogP contribution in [0.25, 0.3) is 0 Å². The number of hydrogen-bond donors (Lipinski definition) is 2. The standard InChI is InChI=1S/C11H16N2O3/c1-7-8(3-4-16-7)11(15)13(2)9-5-12-6-10(9)14/h3-4,9-10,12,14H,5-6H2,1-2H3. The minimum Gasteiger partial charge on any atom is -0.469 e. The maximum absolute atomic E-state index is 12.1. The summed E-state index contributed by atoms with van der Waals surface area (Å²) in [5, 5.41) is 12.7. The van der Waals surface area contributed by atoms with E-state index in [0.29, 0.717) is 24.4 Å². The number of carbonyl (C=O) groups is 1. The van der Waals surface area contributed by atoms with Crippen LogP contribution in [-0.2, 0) is 0 Å². The fourth-order valence-electron chi connectivity index (χ4n) is 1.99. The normalized spacial score (nSPS) is 24.7. The Balaban J connectivity index is 2.13. The van der Waals surface area contributed by atoms with Gasteiger partial charge in [0.2, 0.25) is 0 Å². The Kier molecular flexibility index (Phi) is 2.98. The van der Waals surface area contributed by atoms with Gasteiger partial charge in [0.1, 0.15) is 5.76 Å². The fourth-order valence-corrected chi connectivity index (χ4v) is 1.99. The van der Waals surface area contributed by atoms with E-state index >= 15 is 0 Å². The van der Waals surface area contributed by atoms with Crippen molar-refractivity contribution in [1.82, 2.24) is 10.2 Å². The van der Waals surface area contributed by atoms with Crippen LogP contribution in [0.5, 0.6) is 0 Å². The molecule has 1 saturated heterocycles. The lowest BCUT2D eigenvalue weighted by molar-refractivity contribution is 0.0579. The molecule has 5 heteroatoms. The van der Waals surface area contributed by atoms with Gasteiger partial charge in [-0.05, 0) is 13.0 Å². The summed E-state index contributed by atoms with van der Waals surface area (Å²) in [6.45, 7) is 2.91. The predicted octanol–water partition coefficient (Wildman–Crippen LogP) is -0.00728. The van der Waals surface area contributed by atoms with Gasteiger partial charge in [-0.1, -0.05) is 0 Å². The molecule has 5 nitrogen and oxygen atoms in total. The van der Waals surface area contributed by atoms with E-state index in [1.807, 2.05) is 0 Å². The van der Waals surface area contributed by atoms with Crippen LogP contribution in [0.4, 0.5) is 0 Å². The number of furan rings is 1. The zero-order chi connectivity index (χ0) is 11.7. The van der Waals surface area contributed by atoms with Gasteiger partial charge < -0.3 is 19.7 Å². The van der Waals surface area contributed by atoms with E-state index in [0.717, 1.165) is 0 Å². The average molecular weight is 224 g/mol. The number of aryl methyl sites for hydroxylation is 1. The molecule has 0 aliphatic carbocycles. The van der Waals surface area contributed by atoms with Crippen LogP contribution in [0.2, 0.25) is 0 Å². The lowest BCUT2D eigenvalue weighted by Crippen LogP contribution is -2.44. The van der Waals surface area contributed by atoms with Crippen molar-refractivity contribution in [1.29, 1.82) is 0 Å². The molecule has 88 valence electrons. The topological polar surface area (TPSA) is 65.7 Å². The van der Waals surface area contributed by atoms with Crippen molar-refractivity contribution in [2.45, 2.75) is 19.1 Å². The molecule has 2 unspecified atom stereocenters. The minimum atomic E-state index is -0.499. The predicted molar refractivity (Wildman–Crippen MR) is 58.2 cm³/mol. The molecule has 2 rings (SSSR count). The van der Waals surface area contributed by atoms with Crippen LogP contribution >= 0.6 is 0 Å². The number of likely N-dealkylation sites (N-methyl/N-ethyl adjacent to an activating group) is 1. The maximum atomic E-state index is 12.1. The van der Waals surface area contributed by atoms with E-state index in [1.54, 1.807) is 24.9 Å². The summed E-state index contributed by atoms with van der Waals surface area (Å²) in [4.78, 5) is 13.7. The molecule has 2 atom stereocenters. The first kappa shape index (κ1) is 11.2. The summed E-state index contributed by atoms with van der Waals surface area (Å²) in [5.41, 5.74) is 0.557. The van der Waals surface area contributed by atoms with Crippen molar-refractivity contribution in [2.24, 2.45) is 0 Å². The van der Waals surface area contributed by atoms with Crippen LogP contribution < -0.4 is 5.32 Å². The van der Waals surface area contributed by atoms with Gasteiger partial charge in [0.25, 0.3) is 5.91 Å². The van der Waals surface area contributed by atoms with Crippen molar-refractivity contribution in [3.05, 3.63) is 23.7 Å². The lowest BCUT2D eigenvalue weighted by atomic mass is 10.1. The molecule has 2 heterocycles. The van der Waals surface area contributed by atoms with Crippen molar-refractivity contribution in [3.63, 3.8) is 0 Å². The number of carbonyl (C=O) groups excluding carboxylic acids is 1. The molecule has 1 fully saturated rings. The maximum Gasteiger partial charge on any atom is 0.257 e. The molecule has 1 aliphatic heterocycles. The molecule has 2 N–H and O–H groups in total. The summed E-state index contributed by atoms with van der Waals surface area (Å²) in [6, 6.07) is 1.49. The van der Waals surface area contributed by atoms with E-state index in [2.05, 4.69) is 5.32 Å². The van der Waals surface area contributed by atoms with E-state index < -0.39 is 6.10 Å². The molecule has 0 bridgehead atoms. The number of hydrogen-bond acceptors (Lipinski definition) is 4. The molecule has 0 aromatic carbocycles. The zero-order valence-corrected chi connectivity index (χ0v) is 9.43. The third-order valence-electron chi connectivity index (χ3n) is 3.06. The van der Waals surface area contributed by atoms with E-state index in [4.69, 9.17) is 4.42 Å². The van der Waals surface area contributed by atoms with Crippen LogP contribution in [-0.4, -0.2) is 48.2 Å². The first-order valence-corrected chi connectivity index (χ1v) is 5.31. The molecule has 1 amide bonds. The van der Waals surface area contributed by atoms with E-state index in [1.165, 1.54) is 6.26 Å². The highest BCUT2D eigenvalue weighted by atomic mass is 16.3. The average Bonchev–Trinajstić information content (AvgIpc) is 2.85. The third-order valence-corrected chi connectivity index (χ3v) is 3.06. The highest BCUT2D eigenvalue weighted by Crippen LogP contribution is 2.15. The van der Waals surface area contributed by atoms with Crippen LogP contribution in [0, 0.1) is 6.92 Å². The molecule has 1 aromatic heterocycles. The number of β-amino-alcohol motifs (C(OH)–C–C–N with tert-alkyl or cyclic N) is 1. The quantitative estimate of drug-likeness (QED) is 0.741. The fraction of sp³-hybridized carbons (Fsp3) is 0.545. The van der Waals surface area contributed by atoms with Gasteiger partial charge >= 0.3 is 0 Å². The Hall–Kier alpha value is -1.33. The molecule has 16 heavy (non-hydrogen) atoms. The molecule has 1 aliphatic rings. The number of aliphatic hydroxyl groups excluding tert-OH is 1. The Labute approximate surface area is 94.0 Å². The molecular formula is C11H16N2O3. The van der Waals surface area contributed by atoms with Crippen molar-refractivity contribution in [3.8, 4) is 0 Å². The second-order valence-electron chi connectivity index (χ2n) is 4.10. The Bertz CT molecular complexity index is 388. The monoisotopic (exact) mass is 224 g/mol. The first-order valence-electron chi connectivity index (χ1n) is 5.31. The van der Waals surface area contributed by atoms with Gasteiger partial charge in [-0.2, -0.15) is 0 Å². The number of nitrogens with one attached hydrogen (secondary N) is 1. The van der Waals surface area contributed by atoms with Crippen molar-refractivity contribution >= 4 is 5.91 Å². The first-order chi connectivity index (χ1) is 7.61. The largest absolute Gasteiger partial charge is 0.469 e. The Morgan fingerprint density at radius 2 is 2.38 bits per heavy atom. The van der Waals surface area contributed by atoms with Crippen molar-refractivity contribution < 1.29 is 14.3 Å². The second kappa shape index (κ2) is 4.27. The third kappa shape index (κ3) is 1.83. The highest BCUT2D eigenvalue weighted by Gasteiger charge is 2.32. The molecular weight excluding hydrogens is 208 g/mol. The summed E-state index contributed by atoms with van der Waals surface area (Å²) in [5.74, 6) is 0.497. The van der Waals surface area contributed by atoms with Gasteiger partial charge in [-0.25, -0.2) is 0 Å². The second-order valence-corrected chi connectivity index (χ2v) is 4.10. The van der Waals surface area contributed by atoms with Gasteiger partial charge in [-0.3, -0.25) is 4.79 Å². The van der Waals surface area contributed by atoms with Crippen LogP contribution in [0.3, 0.4) is 0 Å². The van der Waals surface area contributed by atoms with Crippen LogP contribution in [0.1, 0.15) is 16.1 Å². The summed E-state index contributed by atoms with van der Waals surface area (Å²) >= 11 is 0. The van der Waals surface area contributed by atoms with Gasteiger partial charge in [0.05, 0.1) is 24.0 Å². The van der Waals surface area contributed by atoms with Crippen LogP contribution in [0.15, 0.2) is 16.7 Å². The van der Waals surface area contributed by atoms with Crippen molar-refractivity contribution in [2.75, 3.05) is 20.1 Å². The Morgan fingerprint density at radius 1 is 1.62 bits per heavy atom.